The van der Waals surface area contributed by atoms with Crippen LogP contribution in [0, 0.1) is 0 Å². The van der Waals surface area contributed by atoms with E-state index in [1.807, 2.05) is 0 Å². The molecule has 2 aromatic rings. The zero-order valence-corrected chi connectivity index (χ0v) is 11.2. The maximum Gasteiger partial charge on any atom is 0.345 e. The molecular weight excluding hydrogens is 287 g/mol. The van der Waals surface area contributed by atoms with E-state index in [2.05, 4.69) is 0 Å². The predicted octanol–water partition coefficient (Wildman–Crippen LogP) is 3.63. The highest BCUT2D eigenvalue weighted by atomic mass is 35.5. The predicted molar refractivity (Wildman–Crippen MR) is 73.5 cm³/mol. The second kappa shape index (κ2) is 6.06. The van der Waals surface area contributed by atoms with Gasteiger partial charge in [0.15, 0.2) is 11.9 Å². The normalized spacial score (nSPS) is 11.9. The van der Waals surface area contributed by atoms with Crippen LogP contribution >= 0.6 is 23.2 Å². The Bertz CT molecular complexity index is 564. The van der Waals surface area contributed by atoms with Gasteiger partial charge in [0, 0.05) is 0 Å². The van der Waals surface area contributed by atoms with Gasteiger partial charge in [-0.15, -0.1) is 0 Å². The van der Waals surface area contributed by atoms with Crippen molar-refractivity contribution in [3.05, 3.63) is 64.1 Å². The van der Waals surface area contributed by atoms with E-state index in [0.29, 0.717) is 5.56 Å². The van der Waals surface area contributed by atoms with Crippen molar-refractivity contribution >= 4 is 29.2 Å². The Kier molecular flexibility index (Phi) is 4.43. The Labute approximate surface area is 120 Å². The molecule has 5 heteroatoms. The third-order valence-electron chi connectivity index (χ3n) is 2.46. The number of carbonyl (C=O) groups excluding carboxylic acids is 1. The minimum atomic E-state index is -1.38. The highest BCUT2D eigenvalue weighted by Crippen LogP contribution is 2.33. The van der Waals surface area contributed by atoms with Crippen LogP contribution in [0.5, 0.6) is 5.75 Å². The van der Waals surface area contributed by atoms with E-state index in [1.54, 1.807) is 48.5 Å². The maximum absolute atomic E-state index is 11.8. The molecule has 1 N–H and O–H groups in total. The maximum atomic E-state index is 11.8. The topological polar surface area (TPSA) is 46.5 Å². The Morgan fingerprint density at radius 1 is 1.00 bits per heavy atom. The summed E-state index contributed by atoms with van der Waals surface area (Å²) in [4.78, 5) is 11.8. The summed E-state index contributed by atoms with van der Waals surface area (Å²) in [6.07, 6.45) is -1.38. The highest BCUT2D eigenvalue weighted by Gasteiger charge is 2.21. The molecular formula is C14H10Cl2O3. The molecule has 2 rings (SSSR count). The Morgan fingerprint density at radius 2 is 1.58 bits per heavy atom. The van der Waals surface area contributed by atoms with Gasteiger partial charge in [-0.1, -0.05) is 59.6 Å². The van der Waals surface area contributed by atoms with E-state index >= 15 is 0 Å². The van der Waals surface area contributed by atoms with Gasteiger partial charge in [-0.3, -0.25) is 0 Å². The number of aliphatic hydroxyl groups excluding tert-OH is 1. The Morgan fingerprint density at radius 3 is 2.16 bits per heavy atom. The van der Waals surface area contributed by atoms with Gasteiger partial charge in [0.25, 0.3) is 0 Å². The quantitative estimate of drug-likeness (QED) is 0.695. The average molecular weight is 297 g/mol. The largest absolute Gasteiger partial charge is 0.421 e. The third-order valence-corrected chi connectivity index (χ3v) is 3.06. The number of halogens is 2. The Balaban J connectivity index is 2.18. The van der Waals surface area contributed by atoms with Crippen LogP contribution in [0.15, 0.2) is 48.5 Å². The summed E-state index contributed by atoms with van der Waals surface area (Å²) >= 11 is 11.8. The Hall–Kier alpha value is -1.55. The number of ether oxygens (including phenoxy) is 1. The fourth-order valence-electron chi connectivity index (χ4n) is 1.51. The van der Waals surface area contributed by atoms with E-state index < -0.39 is 12.1 Å². The number of hydrogen-bond acceptors (Lipinski definition) is 3. The average Bonchev–Trinajstić information content (AvgIpc) is 2.43. The molecule has 0 saturated heterocycles. The lowest BCUT2D eigenvalue weighted by atomic mass is 10.1. The molecule has 0 aliphatic heterocycles. The summed E-state index contributed by atoms with van der Waals surface area (Å²) in [6, 6.07) is 13.2. The molecule has 0 bridgehead atoms. The third kappa shape index (κ3) is 3.26. The van der Waals surface area contributed by atoms with Crippen molar-refractivity contribution in [2.75, 3.05) is 0 Å². The molecule has 0 aromatic heterocycles. The fraction of sp³-hybridized carbons (Fsp3) is 0.0714. The van der Waals surface area contributed by atoms with Crippen molar-refractivity contribution in [2.45, 2.75) is 6.10 Å². The number of aliphatic hydroxyl groups is 1. The van der Waals surface area contributed by atoms with Crippen LogP contribution in [-0.4, -0.2) is 11.1 Å². The van der Waals surface area contributed by atoms with Gasteiger partial charge in [-0.2, -0.15) is 0 Å². The summed E-state index contributed by atoms with van der Waals surface area (Å²) in [6.45, 7) is 0. The highest BCUT2D eigenvalue weighted by molar-refractivity contribution is 6.37. The summed E-state index contributed by atoms with van der Waals surface area (Å²) in [7, 11) is 0. The summed E-state index contributed by atoms with van der Waals surface area (Å²) in [5, 5.41) is 10.3. The monoisotopic (exact) mass is 296 g/mol. The molecule has 2 aromatic carbocycles. The van der Waals surface area contributed by atoms with E-state index in [0.717, 1.165) is 0 Å². The van der Waals surface area contributed by atoms with Crippen LogP contribution in [0.25, 0.3) is 0 Å². The van der Waals surface area contributed by atoms with E-state index in [9.17, 15) is 9.90 Å². The lowest BCUT2D eigenvalue weighted by molar-refractivity contribution is -0.144. The lowest BCUT2D eigenvalue weighted by Gasteiger charge is -2.12. The molecule has 0 radical (unpaired) electrons. The van der Waals surface area contributed by atoms with E-state index in [4.69, 9.17) is 27.9 Å². The first kappa shape index (κ1) is 13.9. The number of benzene rings is 2. The number of rotatable bonds is 3. The van der Waals surface area contributed by atoms with Gasteiger partial charge in [0.05, 0.1) is 10.0 Å². The molecule has 1 unspecified atom stereocenters. The molecule has 98 valence electrons. The van der Waals surface area contributed by atoms with Crippen LogP contribution in [0.4, 0.5) is 0 Å². The first-order valence-corrected chi connectivity index (χ1v) is 6.24. The molecule has 0 aliphatic rings. The van der Waals surface area contributed by atoms with Crippen LogP contribution in [0.3, 0.4) is 0 Å². The minimum absolute atomic E-state index is 0.0471. The SMILES string of the molecule is O=C(Oc1c(Cl)cccc1Cl)C(O)c1ccccc1. The molecule has 0 amide bonds. The molecule has 0 fully saturated rings. The number of para-hydroxylation sites is 1. The first-order chi connectivity index (χ1) is 9.09. The van der Waals surface area contributed by atoms with Gasteiger partial charge in [-0.05, 0) is 17.7 Å². The molecule has 0 heterocycles. The van der Waals surface area contributed by atoms with Crippen molar-refractivity contribution in [1.82, 2.24) is 0 Å². The van der Waals surface area contributed by atoms with Crippen LogP contribution in [0.1, 0.15) is 11.7 Å². The van der Waals surface area contributed by atoms with Crippen molar-refractivity contribution < 1.29 is 14.6 Å². The van der Waals surface area contributed by atoms with Crippen LogP contribution in [-0.2, 0) is 4.79 Å². The zero-order valence-electron chi connectivity index (χ0n) is 9.72. The van der Waals surface area contributed by atoms with Crippen LogP contribution in [0.2, 0.25) is 10.0 Å². The van der Waals surface area contributed by atoms with Crippen molar-refractivity contribution in [3.63, 3.8) is 0 Å². The number of carbonyl (C=O) groups is 1. The van der Waals surface area contributed by atoms with Crippen LogP contribution < -0.4 is 4.74 Å². The smallest absolute Gasteiger partial charge is 0.345 e. The van der Waals surface area contributed by atoms with E-state index in [-0.39, 0.29) is 15.8 Å². The second-order valence-electron chi connectivity index (χ2n) is 3.79. The molecule has 3 nitrogen and oxygen atoms in total. The van der Waals surface area contributed by atoms with Gasteiger partial charge in [-0.25, -0.2) is 4.79 Å². The zero-order chi connectivity index (χ0) is 13.8. The fourth-order valence-corrected chi connectivity index (χ4v) is 1.98. The molecule has 1 atom stereocenters. The number of hydrogen-bond donors (Lipinski definition) is 1. The number of esters is 1. The molecule has 0 spiro atoms. The van der Waals surface area contributed by atoms with Crippen molar-refractivity contribution in [1.29, 1.82) is 0 Å². The second-order valence-corrected chi connectivity index (χ2v) is 4.60. The summed E-state index contributed by atoms with van der Waals surface area (Å²) < 4.78 is 5.04. The molecule has 0 saturated carbocycles. The van der Waals surface area contributed by atoms with Gasteiger partial charge >= 0.3 is 5.97 Å². The molecule has 19 heavy (non-hydrogen) atoms. The standard InChI is InChI=1S/C14H10Cl2O3/c15-10-7-4-8-11(16)13(10)19-14(18)12(17)9-5-2-1-3-6-9/h1-8,12,17H. The van der Waals surface area contributed by atoms with Gasteiger partial charge < -0.3 is 9.84 Å². The lowest BCUT2D eigenvalue weighted by Crippen LogP contribution is -2.18. The summed E-state index contributed by atoms with van der Waals surface area (Å²) in [5.74, 6) is -0.785. The van der Waals surface area contributed by atoms with Gasteiger partial charge in [0.2, 0.25) is 0 Å². The summed E-state index contributed by atoms with van der Waals surface area (Å²) in [5.41, 5.74) is 0.440. The van der Waals surface area contributed by atoms with E-state index in [1.165, 1.54) is 0 Å². The minimum Gasteiger partial charge on any atom is -0.421 e. The van der Waals surface area contributed by atoms with Crippen molar-refractivity contribution in [3.8, 4) is 5.75 Å². The van der Waals surface area contributed by atoms with Gasteiger partial charge in [0.1, 0.15) is 0 Å². The molecule has 0 aliphatic carbocycles. The van der Waals surface area contributed by atoms with Crippen molar-refractivity contribution in [2.24, 2.45) is 0 Å². The first-order valence-electron chi connectivity index (χ1n) is 5.48.